The van der Waals surface area contributed by atoms with E-state index in [0.29, 0.717) is 0 Å². The summed E-state index contributed by atoms with van der Waals surface area (Å²) in [4.78, 5) is 9.48. The van der Waals surface area contributed by atoms with Crippen molar-refractivity contribution in [2.45, 2.75) is 20.0 Å². The minimum absolute atomic E-state index is 0.816. The molecular weight excluding hydrogens is 224 g/mol. The molecule has 1 aromatic carbocycles. The molecule has 0 aliphatic carbocycles. The third-order valence-electron chi connectivity index (χ3n) is 2.85. The number of aryl methyl sites for hydroxylation is 1. The predicted octanol–water partition coefficient (Wildman–Crippen LogP) is 2.07. The van der Waals surface area contributed by atoms with Crippen LogP contribution >= 0.6 is 0 Å². The van der Waals surface area contributed by atoms with Gasteiger partial charge in [-0.25, -0.2) is 4.98 Å². The molecule has 2 aromatic rings. The van der Waals surface area contributed by atoms with Crippen molar-refractivity contribution in [3.8, 4) is 0 Å². The fraction of sp³-hybridized carbons (Fsp3) is 0.357. The van der Waals surface area contributed by atoms with Crippen molar-refractivity contribution in [3.63, 3.8) is 0 Å². The van der Waals surface area contributed by atoms with Crippen LogP contribution in [0.2, 0.25) is 0 Å². The van der Waals surface area contributed by atoms with Gasteiger partial charge in [0.25, 0.3) is 0 Å². The Morgan fingerprint density at radius 3 is 2.44 bits per heavy atom. The lowest BCUT2D eigenvalue weighted by Crippen LogP contribution is -2.13. The highest BCUT2D eigenvalue weighted by Gasteiger charge is 1.98. The van der Waals surface area contributed by atoms with Crippen molar-refractivity contribution in [2.24, 2.45) is 0 Å². The van der Waals surface area contributed by atoms with E-state index in [9.17, 15) is 0 Å². The van der Waals surface area contributed by atoms with Gasteiger partial charge in [-0.2, -0.15) is 0 Å². The molecule has 0 fully saturated rings. The Balaban J connectivity index is 1.83. The van der Waals surface area contributed by atoms with Crippen molar-refractivity contribution >= 4 is 5.69 Å². The predicted molar refractivity (Wildman–Crippen MR) is 74.6 cm³/mol. The number of nitrogens with zero attached hydrogens (tertiary/aromatic N) is 2. The van der Waals surface area contributed by atoms with E-state index in [4.69, 9.17) is 0 Å². The van der Waals surface area contributed by atoms with E-state index in [1.54, 1.807) is 0 Å². The van der Waals surface area contributed by atoms with Gasteiger partial charge in [0.1, 0.15) is 5.82 Å². The van der Waals surface area contributed by atoms with Gasteiger partial charge in [-0.1, -0.05) is 12.1 Å². The molecule has 1 heterocycles. The van der Waals surface area contributed by atoms with E-state index in [2.05, 4.69) is 44.5 Å². The zero-order chi connectivity index (χ0) is 13.0. The monoisotopic (exact) mass is 244 g/mol. The van der Waals surface area contributed by atoms with Crippen LogP contribution in [-0.2, 0) is 13.1 Å². The first-order chi connectivity index (χ1) is 8.65. The lowest BCUT2D eigenvalue weighted by molar-refractivity contribution is 0.681. The summed E-state index contributed by atoms with van der Waals surface area (Å²) in [6.07, 6.45) is 1.87. The van der Waals surface area contributed by atoms with Gasteiger partial charge in [-0.05, 0) is 24.6 Å². The lowest BCUT2D eigenvalue weighted by atomic mass is 10.2. The van der Waals surface area contributed by atoms with Gasteiger partial charge in [0, 0.05) is 44.8 Å². The Labute approximate surface area is 108 Å². The number of anilines is 1. The van der Waals surface area contributed by atoms with Crippen LogP contribution in [0, 0.1) is 6.92 Å². The normalized spacial score (nSPS) is 10.6. The summed E-state index contributed by atoms with van der Waals surface area (Å²) in [5.41, 5.74) is 3.64. The van der Waals surface area contributed by atoms with E-state index in [-0.39, 0.29) is 0 Å². The number of nitrogens with one attached hydrogen (secondary N) is 2. The highest BCUT2D eigenvalue weighted by atomic mass is 15.1. The molecule has 0 spiro atoms. The van der Waals surface area contributed by atoms with Gasteiger partial charge < -0.3 is 15.2 Å². The molecule has 4 heteroatoms. The van der Waals surface area contributed by atoms with E-state index < -0.39 is 0 Å². The summed E-state index contributed by atoms with van der Waals surface area (Å²) in [5, 5.41) is 3.40. The summed E-state index contributed by atoms with van der Waals surface area (Å²) < 4.78 is 0. The molecule has 0 saturated carbocycles. The van der Waals surface area contributed by atoms with E-state index in [1.807, 2.05) is 27.2 Å². The smallest absolute Gasteiger partial charge is 0.103 e. The maximum Gasteiger partial charge on any atom is 0.103 e. The fourth-order valence-electron chi connectivity index (χ4n) is 1.81. The standard InChI is InChI=1S/C14H20N4/c1-11-16-10-13(17-11)9-15-8-12-4-6-14(7-5-12)18(2)3/h4-7,10,15H,8-9H2,1-3H3,(H,16,17). The average molecular weight is 244 g/mol. The third-order valence-corrected chi connectivity index (χ3v) is 2.85. The Morgan fingerprint density at radius 1 is 1.17 bits per heavy atom. The number of benzene rings is 1. The van der Waals surface area contributed by atoms with Crippen molar-refractivity contribution < 1.29 is 0 Å². The van der Waals surface area contributed by atoms with Crippen LogP contribution in [-0.4, -0.2) is 24.1 Å². The molecule has 0 unspecified atom stereocenters. The summed E-state index contributed by atoms with van der Waals surface area (Å²) >= 11 is 0. The zero-order valence-corrected chi connectivity index (χ0v) is 11.2. The number of aromatic amines is 1. The average Bonchev–Trinajstić information content (AvgIpc) is 2.76. The third kappa shape index (κ3) is 3.34. The maximum absolute atomic E-state index is 4.17. The van der Waals surface area contributed by atoms with Crippen LogP contribution in [0.5, 0.6) is 0 Å². The number of hydrogen-bond acceptors (Lipinski definition) is 3. The van der Waals surface area contributed by atoms with Crippen LogP contribution in [0.15, 0.2) is 30.5 Å². The van der Waals surface area contributed by atoms with Gasteiger partial charge in [-0.3, -0.25) is 0 Å². The van der Waals surface area contributed by atoms with Crippen LogP contribution < -0.4 is 10.2 Å². The number of aromatic nitrogens is 2. The van der Waals surface area contributed by atoms with Crippen LogP contribution in [0.1, 0.15) is 17.1 Å². The molecule has 1 aromatic heterocycles. The molecule has 96 valence electrons. The van der Waals surface area contributed by atoms with E-state index >= 15 is 0 Å². The first kappa shape index (κ1) is 12.6. The molecule has 0 saturated heterocycles. The second kappa shape index (κ2) is 5.69. The van der Waals surface area contributed by atoms with E-state index in [1.165, 1.54) is 11.3 Å². The molecule has 4 nitrogen and oxygen atoms in total. The molecule has 0 bridgehead atoms. The Bertz CT molecular complexity index is 485. The van der Waals surface area contributed by atoms with Gasteiger partial charge in [-0.15, -0.1) is 0 Å². The van der Waals surface area contributed by atoms with Crippen LogP contribution in [0.25, 0.3) is 0 Å². The molecule has 2 rings (SSSR count). The SMILES string of the molecule is Cc1ncc(CNCc2ccc(N(C)C)cc2)[nH]1. The number of hydrogen-bond donors (Lipinski definition) is 2. The molecule has 2 N–H and O–H groups in total. The highest BCUT2D eigenvalue weighted by Crippen LogP contribution is 2.12. The second-order valence-corrected chi connectivity index (χ2v) is 4.66. The minimum atomic E-state index is 0.816. The molecule has 0 atom stereocenters. The highest BCUT2D eigenvalue weighted by molar-refractivity contribution is 5.45. The largest absolute Gasteiger partial charge is 0.378 e. The quantitative estimate of drug-likeness (QED) is 0.846. The van der Waals surface area contributed by atoms with Crippen molar-refractivity contribution in [2.75, 3.05) is 19.0 Å². The molecular formula is C14H20N4. The summed E-state index contributed by atoms with van der Waals surface area (Å²) in [6.45, 7) is 3.64. The van der Waals surface area contributed by atoms with Crippen LogP contribution in [0.4, 0.5) is 5.69 Å². The lowest BCUT2D eigenvalue weighted by Gasteiger charge is -2.12. The van der Waals surface area contributed by atoms with Crippen molar-refractivity contribution in [3.05, 3.63) is 47.5 Å². The minimum Gasteiger partial charge on any atom is -0.378 e. The molecule has 0 radical (unpaired) electrons. The summed E-state index contributed by atoms with van der Waals surface area (Å²) in [5.74, 6) is 0.960. The van der Waals surface area contributed by atoms with E-state index in [0.717, 1.165) is 24.6 Å². The Kier molecular flexibility index (Phi) is 3.99. The first-order valence-corrected chi connectivity index (χ1v) is 6.12. The summed E-state index contributed by atoms with van der Waals surface area (Å²) in [7, 11) is 4.10. The first-order valence-electron chi connectivity index (χ1n) is 6.12. The molecule has 0 amide bonds. The Hall–Kier alpha value is -1.81. The van der Waals surface area contributed by atoms with Crippen LogP contribution in [0.3, 0.4) is 0 Å². The van der Waals surface area contributed by atoms with Gasteiger partial charge in [0.05, 0.1) is 0 Å². The second-order valence-electron chi connectivity index (χ2n) is 4.66. The molecule has 0 aliphatic rings. The molecule has 0 aliphatic heterocycles. The fourth-order valence-corrected chi connectivity index (χ4v) is 1.81. The number of imidazole rings is 1. The maximum atomic E-state index is 4.17. The zero-order valence-electron chi connectivity index (χ0n) is 11.2. The summed E-state index contributed by atoms with van der Waals surface area (Å²) in [6, 6.07) is 8.58. The van der Waals surface area contributed by atoms with Gasteiger partial charge in [0.15, 0.2) is 0 Å². The molecule has 18 heavy (non-hydrogen) atoms. The van der Waals surface area contributed by atoms with Gasteiger partial charge in [0.2, 0.25) is 0 Å². The topological polar surface area (TPSA) is 44.0 Å². The van der Waals surface area contributed by atoms with Crippen molar-refractivity contribution in [1.29, 1.82) is 0 Å². The number of H-pyrrole nitrogens is 1. The van der Waals surface area contributed by atoms with Crippen molar-refractivity contribution in [1.82, 2.24) is 15.3 Å². The van der Waals surface area contributed by atoms with Gasteiger partial charge >= 0.3 is 0 Å². The Morgan fingerprint density at radius 2 is 1.89 bits per heavy atom. The number of rotatable bonds is 5.